The van der Waals surface area contributed by atoms with Gasteiger partial charge in [0, 0.05) is 31.7 Å². The highest BCUT2D eigenvalue weighted by molar-refractivity contribution is 5.75. The lowest BCUT2D eigenvalue weighted by atomic mass is 9.64. The van der Waals surface area contributed by atoms with Crippen molar-refractivity contribution in [3.63, 3.8) is 0 Å². The van der Waals surface area contributed by atoms with Crippen molar-refractivity contribution in [2.24, 2.45) is 11.3 Å². The Kier molecular flexibility index (Phi) is 6.03. The molecule has 1 N–H and O–H groups in total. The molecule has 3 amide bonds. The lowest BCUT2D eigenvalue weighted by molar-refractivity contribution is -0.0159. The Morgan fingerprint density at radius 3 is 2.55 bits per heavy atom. The summed E-state index contributed by atoms with van der Waals surface area (Å²) in [6, 6.07) is 1.40. The Morgan fingerprint density at radius 1 is 1.10 bits per heavy atom. The summed E-state index contributed by atoms with van der Waals surface area (Å²) in [6.45, 7) is 8.54. The number of rotatable bonds is 4. The third-order valence-electron chi connectivity index (χ3n) is 8.46. The fraction of sp³-hybridized carbons (Fsp3) is 0.913. The molecule has 0 radical (unpaired) electrons. The van der Waals surface area contributed by atoms with Crippen molar-refractivity contribution >= 4 is 12.1 Å². The molecule has 4 aliphatic heterocycles. The summed E-state index contributed by atoms with van der Waals surface area (Å²) >= 11 is 0. The molecule has 5 fully saturated rings. The topological polar surface area (TPSA) is 74.4 Å². The molecule has 4 saturated heterocycles. The number of carbonyl (C=O) groups excluding carboxylic acids is 2. The van der Waals surface area contributed by atoms with E-state index in [0.29, 0.717) is 43.2 Å². The zero-order valence-corrected chi connectivity index (χ0v) is 18.9. The van der Waals surface area contributed by atoms with Gasteiger partial charge >= 0.3 is 12.1 Å². The number of hydrogen-bond acceptors (Lipinski definition) is 5. The van der Waals surface area contributed by atoms with E-state index in [4.69, 9.17) is 9.47 Å². The van der Waals surface area contributed by atoms with Crippen LogP contribution in [-0.4, -0.2) is 97.5 Å². The van der Waals surface area contributed by atoms with E-state index in [1.165, 1.54) is 25.7 Å². The zero-order chi connectivity index (χ0) is 21.4. The van der Waals surface area contributed by atoms with Crippen molar-refractivity contribution in [1.82, 2.24) is 20.0 Å². The summed E-state index contributed by atoms with van der Waals surface area (Å²) in [6.07, 6.45) is 8.08. The van der Waals surface area contributed by atoms with Crippen LogP contribution >= 0.6 is 0 Å². The third kappa shape index (κ3) is 4.25. The molecule has 0 aromatic heterocycles. The summed E-state index contributed by atoms with van der Waals surface area (Å²) in [5.41, 5.74) is 0.333. The van der Waals surface area contributed by atoms with Gasteiger partial charge in [0.05, 0.1) is 25.9 Å². The van der Waals surface area contributed by atoms with Crippen molar-refractivity contribution in [3.8, 4) is 0 Å². The highest BCUT2D eigenvalue weighted by atomic mass is 16.6. The van der Waals surface area contributed by atoms with E-state index in [1.807, 2.05) is 11.8 Å². The number of hydrogen-bond donors (Lipinski definition) is 1. The molecule has 1 saturated carbocycles. The number of ether oxygens (including phenoxy) is 2. The average Bonchev–Trinajstić information content (AvgIpc) is 3.37. The Balaban J connectivity index is 1.07. The van der Waals surface area contributed by atoms with Crippen molar-refractivity contribution in [2.45, 2.75) is 70.0 Å². The van der Waals surface area contributed by atoms with Gasteiger partial charge in [-0.2, -0.15) is 0 Å². The van der Waals surface area contributed by atoms with Gasteiger partial charge in [-0.15, -0.1) is 0 Å². The second-order valence-corrected chi connectivity index (χ2v) is 10.4. The Bertz CT molecular complexity index is 670. The van der Waals surface area contributed by atoms with Gasteiger partial charge in [0.25, 0.3) is 0 Å². The fourth-order valence-corrected chi connectivity index (χ4v) is 6.62. The van der Waals surface area contributed by atoms with Gasteiger partial charge in [-0.3, -0.25) is 0 Å². The van der Waals surface area contributed by atoms with E-state index in [9.17, 15) is 9.59 Å². The molecule has 5 rings (SSSR count). The van der Waals surface area contributed by atoms with Gasteiger partial charge in [-0.05, 0) is 76.3 Å². The van der Waals surface area contributed by atoms with Crippen molar-refractivity contribution in [2.75, 3.05) is 52.5 Å². The van der Waals surface area contributed by atoms with Gasteiger partial charge in [0.2, 0.25) is 0 Å². The van der Waals surface area contributed by atoms with Gasteiger partial charge in [-0.1, -0.05) is 0 Å². The minimum Gasteiger partial charge on any atom is -0.450 e. The molecule has 174 valence electrons. The SMILES string of the molecule is CCOC(=O)N1CCC2(CC(N3CCC([C@@H]4CCCN4C(=O)NC4COC4)CC3)C2)C1. The molecule has 0 aromatic rings. The monoisotopic (exact) mass is 434 g/mol. The van der Waals surface area contributed by atoms with E-state index < -0.39 is 0 Å². The van der Waals surface area contributed by atoms with Crippen LogP contribution in [0.1, 0.15) is 51.9 Å². The van der Waals surface area contributed by atoms with E-state index in [1.54, 1.807) is 0 Å². The van der Waals surface area contributed by atoms with E-state index in [0.717, 1.165) is 52.0 Å². The summed E-state index contributed by atoms with van der Waals surface area (Å²) in [4.78, 5) is 31.4. The second-order valence-electron chi connectivity index (χ2n) is 10.4. The normalized spacial score (nSPS) is 34.6. The fourth-order valence-electron chi connectivity index (χ4n) is 6.62. The second kappa shape index (κ2) is 8.77. The number of carbonyl (C=O) groups is 2. The van der Waals surface area contributed by atoms with E-state index >= 15 is 0 Å². The van der Waals surface area contributed by atoms with Crippen LogP contribution in [0.4, 0.5) is 9.59 Å². The van der Waals surface area contributed by atoms with Crippen molar-refractivity contribution in [3.05, 3.63) is 0 Å². The molecule has 31 heavy (non-hydrogen) atoms. The van der Waals surface area contributed by atoms with E-state index in [-0.39, 0.29) is 18.2 Å². The quantitative estimate of drug-likeness (QED) is 0.735. The summed E-state index contributed by atoms with van der Waals surface area (Å²) in [5.74, 6) is 0.627. The summed E-state index contributed by atoms with van der Waals surface area (Å²) in [7, 11) is 0. The zero-order valence-electron chi connectivity index (χ0n) is 18.9. The van der Waals surface area contributed by atoms with Crippen molar-refractivity contribution < 1.29 is 19.1 Å². The number of piperidine rings is 1. The lowest BCUT2D eigenvalue weighted by Crippen LogP contribution is -2.57. The molecule has 4 heterocycles. The first-order valence-corrected chi connectivity index (χ1v) is 12.4. The first-order chi connectivity index (χ1) is 15.1. The standard InChI is InChI=1S/C23H38N4O4/c1-2-31-22(29)26-11-7-23(16-26)12-19(13-23)25-9-5-17(6-10-25)20-4-3-8-27(20)21(28)24-18-14-30-15-18/h17-20H,2-16H2,1H3,(H,24,28)/t19?,20-,23?/m0/s1. The third-order valence-corrected chi connectivity index (χ3v) is 8.46. The summed E-state index contributed by atoms with van der Waals surface area (Å²) in [5, 5.41) is 3.13. The molecule has 0 bridgehead atoms. The van der Waals surface area contributed by atoms with Crippen LogP contribution in [0.2, 0.25) is 0 Å². The van der Waals surface area contributed by atoms with Crippen LogP contribution in [-0.2, 0) is 9.47 Å². The lowest BCUT2D eigenvalue weighted by Gasteiger charge is -2.52. The van der Waals surface area contributed by atoms with Gasteiger partial charge in [-0.25, -0.2) is 9.59 Å². The van der Waals surface area contributed by atoms with E-state index in [2.05, 4.69) is 15.1 Å². The largest absolute Gasteiger partial charge is 0.450 e. The number of likely N-dealkylation sites (tertiary alicyclic amines) is 3. The number of nitrogens with one attached hydrogen (secondary N) is 1. The summed E-state index contributed by atoms with van der Waals surface area (Å²) < 4.78 is 10.4. The average molecular weight is 435 g/mol. The molecular weight excluding hydrogens is 396 g/mol. The van der Waals surface area contributed by atoms with Gasteiger partial charge in [0.1, 0.15) is 0 Å². The Labute approximate surface area is 185 Å². The van der Waals surface area contributed by atoms with Crippen LogP contribution in [0.25, 0.3) is 0 Å². The Morgan fingerprint density at radius 2 is 1.87 bits per heavy atom. The predicted octanol–water partition coefficient (Wildman–Crippen LogP) is 2.28. The number of amides is 3. The minimum atomic E-state index is -0.140. The first-order valence-electron chi connectivity index (χ1n) is 12.4. The van der Waals surface area contributed by atoms with Crippen molar-refractivity contribution in [1.29, 1.82) is 0 Å². The molecule has 8 nitrogen and oxygen atoms in total. The van der Waals surface area contributed by atoms with Gasteiger partial charge < -0.3 is 29.5 Å². The van der Waals surface area contributed by atoms with Crippen LogP contribution in [0, 0.1) is 11.3 Å². The van der Waals surface area contributed by atoms with Crippen LogP contribution in [0.3, 0.4) is 0 Å². The van der Waals surface area contributed by atoms with Crippen LogP contribution < -0.4 is 5.32 Å². The predicted molar refractivity (Wildman–Crippen MR) is 116 cm³/mol. The smallest absolute Gasteiger partial charge is 0.409 e. The molecule has 0 unspecified atom stereocenters. The highest BCUT2D eigenvalue weighted by Crippen LogP contribution is 2.51. The molecule has 1 aliphatic carbocycles. The molecule has 1 atom stereocenters. The van der Waals surface area contributed by atoms with Crippen LogP contribution in [0.15, 0.2) is 0 Å². The number of nitrogens with zero attached hydrogens (tertiary/aromatic N) is 3. The van der Waals surface area contributed by atoms with Gasteiger partial charge in [0.15, 0.2) is 0 Å². The molecule has 1 spiro atoms. The molecular formula is C23H38N4O4. The minimum absolute atomic E-state index is 0.117. The highest BCUT2D eigenvalue weighted by Gasteiger charge is 2.51. The Hall–Kier alpha value is -1.54. The maximum atomic E-state index is 12.7. The number of urea groups is 1. The first kappa shape index (κ1) is 21.3. The molecule has 0 aromatic carbocycles. The maximum absolute atomic E-state index is 12.7. The molecule has 8 heteroatoms. The molecule has 5 aliphatic rings. The van der Waals surface area contributed by atoms with Crippen LogP contribution in [0.5, 0.6) is 0 Å². The maximum Gasteiger partial charge on any atom is 0.409 e.